The van der Waals surface area contributed by atoms with Crippen molar-refractivity contribution in [3.63, 3.8) is 0 Å². The van der Waals surface area contributed by atoms with E-state index >= 15 is 0 Å². The van der Waals surface area contributed by atoms with Crippen LogP contribution in [0.3, 0.4) is 0 Å². The summed E-state index contributed by atoms with van der Waals surface area (Å²) in [5.74, 6) is 2.44. The summed E-state index contributed by atoms with van der Waals surface area (Å²) in [7, 11) is 1.68. The molecular formula is C15H27N5O. The van der Waals surface area contributed by atoms with Crippen molar-refractivity contribution >= 4 is 11.6 Å². The Bertz CT molecular complexity index is 444. The topological polar surface area (TPSA) is 53.5 Å². The van der Waals surface area contributed by atoms with Gasteiger partial charge in [0.05, 0.1) is 7.11 Å². The SMILES string of the molecule is CCCNc1ncnc(N2CCN(C(C)C)CC2)c1OC. The van der Waals surface area contributed by atoms with Crippen LogP contribution in [-0.4, -0.2) is 60.7 Å². The van der Waals surface area contributed by atoms with Crippen LogP contribution >= 0.6 is 0 Å². The van der Waals surface area contributed by atoms with E-state index in [4.69, 9.17) is 4.74 Å². The number of rotatable bonds is 6. The molecule has 0 aliphatic carbocycles. The zero-order chi connectivity index (χ0) is 15.2. The van der Waals surface area contributed by atoms with Gasteiger partial charge in [0.25, 0.3) is 0 Å². The third kappa shape index (κ3) is 3.75. The highest BCUT2D eigenvalue weighted by Gasteiger charge is 2.23. The third-order valence-corrected chi connectivity index (χ3v) is 3.88. The molecule has 1 aliphatic heterocycles. The van der Waals surface area contributed by atoms with Crippen LogP contribution in [0.15, 0.2) is 6.33 Å². The summed E-state index contributed by atoms with van der Waals surface area (Å²) in [4.78, 5) is 13.5. The standard InChI is InChI=1S/C15H27N5O/c1-5-6-16-14-13(21-4)15(18-11-17-14)20-9-7-19(8-10-20)12(2)3/h11-12H,5-10H2,1-4H3,(H,16,17,18). The van der Waals surface area contributed by atoms with Crippen LogP contribution in [0.25, 0.3) is 0 Å². The Morgan fingerprint density at radius 1 is 1.24 bits per heavy atom. The van der Waals surface area contributed by atoms with Crippen LogP contribution in [0.4, 0.5) is 11.6 Å². The minimum Gasteiger partial charge on any atom is -0.490 e. The summed E-state index contributed by atoms with van der Waals surface area (Å²) >= 11 is 0. The zero-order valence-corrected chi connectivity index (χ0v) is 13.6. The highest BCUT2D eigenvalue weighted by atomic mass is 16.5. The molecule has 1 N–H and O–H groups in total. The van der Waals surface area contributed by atoms with Crippen molar-refractivity contribution in [1.29, 1.82) is 0 Å². The van der Waals surface area contributed by atoms with Crippen molar-refractivity contribution in [2.75, 3.05) is 50.1 Å². The number of ether oxygens (including phenoxy) is 1. The largest absolute Gasteiger partial charge is 0.490 e. The van der Waals surface area contributed by atoms with E-state index in [1.807, 2.05) is 0 Å². The summed E-state index contributed by atoms with van der Waals surface area (Å²) in [6.45, 7) is 11.6. The van der Waals surface area contributed by atoms with Crippen molar-refractivity contribution in [2.24, 2.45) is 0 Å². The van der Waals surface area contributed by atoms with E-state index in [0.717, 1.165) is 56.5 Å². The number of anilines is 2. The molecule has 0 saturated carbocycles. The van der Waals surface area contributed by atoms with Crippen LogP contribution in [-0.2, 0) is 0 Å². The van der Waals surface area contributed by atoms with E-state index in [2.05, 4.69) is 45.9 Å². The molecule has 2 heterocycles. The number of nitrogens with one attached hydrogen (secondary N) is 1. The van der Waals surface area contributed by atoms with Gasteiger partial charge in [-0.3, -0.25) is 4.90 Å². The first-order valence-electron chi connectivity index (χ1n) is 7.79. The second kappa shape index (κ2) is 7.45. The normalized spacial score (nSPS) is 16.3. The van der Waals surface area contributed by atoms with E-state index in [1.54, 1.807) is 13.4 Å². The lowest BCUT2D eigenvalue weighted by molar-refractivity contribution is 0.208. The lowest BCUT2D eigenvalue weighted by Gasteiger charge is -2.37. The quantitative estimate of drug-likeness (QED) is 0.864. The van der Waals surface area contributed by atoms with E-state index < -0.39 is 0 Å². The van der Waals surface area contributed by atoms with E-state index in [9.17, 15) is 0 Å². The van der Waals surface area contributed by atoms with Crippen molar-refractivity contribution < 1.29 is 4.74 Å². The molecule has 21 heavy (non-hydrogen) atoms. The van der Waals surface area contributed by atoms with Gasteiger partial charge in [-0.05, 0) is 20.3 Å². The molecule has 1 fully saturated rings. The first-order valence-corrected chi connectivity index (χ1v) is 7.79. The summed E-state index contributed by atoms with van der Waals surface area (Å²) in [5, 5.41) is 3.31. The average Bonchev–Trinajstić information content (AvgIpc) is 2.52. The van der Waals surface area contributed by atoms with Gasteiger partial charge >= 0.3 is 0 Å². The second-order valence-corrected chi connectivity index (χ2v) is 5.62. The zero-order valence-electron chi connectivity index (χ0n) is 13.6. The number of hydrogen-bond donors (Lipinski definition) is 1. The number of nitrogens with zero attached hydrogens (tertiary/aromatic N) is 4. The Hall–Kier alpha value is -1.56. The number of piperazine rings is 1. The molecule has 1 aromatic rings. The Morgan fingerprint density at radius 3 is 2.52 bits per heavy atom. The fourth-order valence-electron chi connectivity index (χ4n) is 2.60. The summed E-state index contributed by atoms with van der Waals surface area (Å²) in [6, 6.07) is 0.598. The first-order chi connectivity index (χ1) is 10.2. The Balaban J connectivity index is 2.12. The van der Waals surface area contributed by atoms with Gasteiger partial charge in [0.2, 0.25) is 5.75 Å². The van der Waals surface area contributed by atoms with Crippen LogP contribution < -0.4 is 15.0 Å². The molecule has 118 valence electrons. The fraction of sp³-hybridized carbons (Fsp3) is 0.733. The van der Waals surface area contributed by atoms with Crippen LogP contribution in [0.1, 0.15) is 27.2 Å². The Morgan fingerprint density at radius 2 is 1.95 bits per heavy atom. The molecule has 6 heteroatoms. The second-order valence-electron chi connectivity index (χ2n) is 5.62. The first kappa shape index (κ1) is 15.8. The molecule has 0 amide bonds. The molecule has 0 unspecified atom stereocenters. The number of hydrogen-bond acceptors (Lipinski definition) is 6. The van der Waals surface area contributed by atoms with Crippen molar-refractivity contribution in [2.45, 2.75) is 33.2 Å². The molecule has 0 radical (unpaired) electrons. The molecule has 2 rings (SSSR count). The van der Waals surface area contributed by atoms with Crippen molar-refractivity contribution in [1.82, 2.24) is 14.9 Å². The summed E-state index contributed by atoms with van der Waals surface area (Å²) in [6.07, 6.45) is 2.67. The van der Waals surface area contributed by atoms with E-state index in [-0.39, 0.29) is 0 Å². The van der Waals surface area contributed by atoms with Crippen LogP contribution in [0.5, 0.6) is 5.75 Å². The maximum absolute atomic E-state index is 5.56. The van der Waals surface area contributed by atoms with Gasteiger partial charge in [0, 0.05) is 38.8 Å². The summed E-state index contributed by atoms with van der Waals surface area (Å²) in [5.41, 5.74) is 0. The van der Waals surface area contributed by atoms with Crippen LogP contribution in [0, 0.1) is 0 Å². The lowest BCUT2D eigenvalue weighted by atomic mass is 10.2. The van der Waals surface area contributed by atoms with Gasteiger partial charge in [0.15, 0.2) is 11.6 Å². The van der Waals surface area contributed by atoms with Gasteiger partial charge in [-0.2, -0.15) is 0 Å². The predicted octanol–water partition coefficient (Wildman–Crippen LogP) is 1.84. The molecule has 1 aliphatic rings. The van der Waals surface area contributed by atoms with Crippen molar-refractivity contribution in [3.05, 3.63) is 6.33 Å². The lowest BCUT2D eigenvalue weighted by Crippen LogP contribution is -2.49. The smallest absolute Gasteiger partial charge is 0.204 e. The Labute approximate surface area is 127 Å². The van der Waals surface area contributed by atoms with E-state index in [1.165, 1.54) is 0 Å². The average molecular weight is 293 g/mol. The number of methoxy groups -OCH3 is 1. The monoisotopic (exact) mass is 293 g/mol. The highest BCUT2D eigenvalue weighted by molar-refractivity contribution is 5.64. The molecule has 0 bridgehead atoms. The van der Waals surface area contributed by atoms with E-state index in [0.29, 0.717) is 6.04 Å². The fourth-order valence-corrected chi connectivity index (χ4v) is 2.60. The molecule has 1 aromatic heterocycles. The molecule has 6 nitrogen and oxygen atoms in total. The Kier molecular flexibility index (Phi) is 5.61. The highest BCUT2D eigenvalue weighted by Crippen LogP contribution is 2.32. The molecule has 0 aromatic carbocycles. The maximum atomic E-state index is 5.56. The molecule has 0 atom stereocenters. The minimum absolute atomic E-state index is 0.598. The van der Waals surface area contributed by atoms with Gasteiger partial charge in [-0.1, -0.05) is 6.92 Å². The maximum Gasteiger partial charge on any atom is 0.204 e. The molecule has 1 saturated heterocycles. The van der Waals surface area contributed by atoms with Gasteiger partial charge in [-0.25, -0.2) is 9.97 Å². The molecular weight excluding hydrogens is 266 g/mol. The summed E-state index contributed by atoms with van der Waals surface area (Å²) < 4.78 is 5.56. The molecule has 0 spiro atoms. The minimum atomic E-state index is 0.598. The number of aromatic nitrogens is 2. The van der Waals surface area contributed by atoms with Gasteiger partial charge in [0.1, 0.15) is 6.33 Å². The van der Waals surface area contributed by atoms with Gasteiger partial charge < -0.3 is 15.0 Å². The van der Waals surface area contributed by atoms with Gasteiger partial charge in [-0.15, -0.1) is 0 Å². The third-order valence-electron chi connectivity index (χ3n) is 3.88. The predicted molar refractivity (Wildman–Crippen MR) is 86.3 cm³/mol. The van der Waals surface area contributed by atoms with Crippen LogP contribution in [0.2, 0.25) is 0 Å². The van der Waals surface area contributed by atoms with Crippen molar-refractivity contribution in [3.8, 4) is 5.75 Å².